The van der Waals surface area contributed by atoms with Gasteiger partial charge in [0.05, 0.1) is 6.61 Å². The smallest absolute Gasteiger partial charge is 0.0591 e. The van der Waals surface area contributed by atoms with Crippen molar-refractivity contribution >= 4 is 0 Å². The molecule has 0 aliphatic heterocycles. The fraction of sp³-hybridized carbons (Fsp3) is 1.00. The fourth-order valence-electron chi connectivity index (χ4n) is 2.22. The van der Waals surface area contributed by atoms with E-state index in [9.17, 15) is 0 Å². The molecule has 0 bridgehead atoms. The van der Waals surface area contributed by atoms with Gasteiger partial charge in [0, 0.05) is 19.2 Å². The second kappa shape index (κ2) is 5.86. The van der Waals surface area contributed by atoms with E-state index < -0.39 is 0 Å². The summed E-state index contributed by atoms with van der Waals surface area (Å²) in [5.74, 6) is 1.91. The summed E-state index contributed by atoms with van der Waals surface area (Å²) < 4.78 is 5.59. The van der Waals surface area contributed by atoms with Crippen LogP contribution in [-0.4, -0.2) is 25.8 Å². The molecule has 15 heavy (non-hydrogen) atoms. The van der Waals surface area contributed by atoms with Crippen LogP contribution in [-0.2, 0) is 4.74 Å². The molecule has 0 aromatic carbocycles. The number of hydrogen-bond acceptors (Lipinski definition) is 2. The second-order valence-corrected chi connectivity index (χ2v) is 5.41. The van der Waals surface area contributed by atoms with Crippen LogP contribution in [0, 0.1) is 11.8 Å². The van der Waals surface area contributed by atoms with Crippen molar-refractivity contribution in [1.82, 2.24) is 5.32 Å². The van der Waals surface area contributed by atoms with Crippen LogP contribution in [0.1, 0.15) is 45.4 Å². The van der Waals surface area contributed by atoms with Gasteiger partial charge in [-0.15, -0.1) is 0 Å². The first kappa shape index (κ1) is 11.4. The van der Waals surface area contributed by atoms with Crippen molar-refractivity contribution in [2.24, 2.45) is 11.8 Å². The van der Waals surface area contributed by atoms with Gasteiger partial charge in [0.25, 0.3) is 0 Å². The molecule has 2 saturated carbocycles. The van der Waals surface area contributed by atoms with Gasteiger partial charge >= 0.3 is 0 Å². The van der Waals surface area contributed by atoms with Gasteiger partial charge in [0.15, 0.2) is 0 Å². The fourth-order valence-corrected chi connectivity index (χ4v) is 2.22. The SMILES string of the molecule is CC(CC1CCC1)NCCOCC1CC1. The summed E-state index contributed by atoms with van der Waals surface area (Å²) in [5.41, 5.74) is 0. The monoisotopic (exact) mass is 211 g/mol. The first-order valence-corrected chi connectivity index (χ1v) is 6.65. The number of ether oxygens (including phenoxy) is 1. The van der Waals surface area contributed by atoms with Gasteiger partial charge in [0.2, 0.25) is 0 Å². The normalized spacial score (nSPS) is 23.8. The predicted molar refractivity (Wildman–Crippen MR) is 63.0 cm³/mol. The van der Waals surface area contributed by atoms with E-state index in [4.69, 9.17) is 4.74 Å². The lowest BCUT2D eigenvalue weighted by Crippen LogP contribution is -2.32. The third kappa shape index (κ3) is 4.52. The molecule has 2 aliphatic rings. The van der Waals surface area contributed by atoms with E-state index in [2.05, 4.69) is 12.2 Å². The molecular weight excluding hydrogens is 186 g/mol. The van der Waals surface area contributed by atoms with E-state index in [-0.39, 0.29) is 0 Å². The summed E-state index contributed by atoms with van der Waals surface area (Å²) in [7, 11) is 0. The van der Waals surface area contributed by atoms with Crippen LogP contribution in [0.5, 0.6) is 0 Å². The maximum absolute atomic E-state index is 5.59. The second-order valence-electron chi connectivity index (χ2n) is 5.41. The number of rotatable bonds is 8. The van der Waals surface area contributed by atoms with Crippen molar-refractivity contribution in [3.63, 3.8) is 0 Å². The standard InChI is InChI=1S/C13H25NO/c1-11(9-12-3-2-4-12)14-7-8-15-10-13-5-6-13/h11-14H,2-10H2,1H3. The zero-order chi connectivity index (χ0) is 10.5. The van der Waals surface area contributed by atoms with E-state index in [1.807, 2.05) is 0 Å². The number of hydrogen-bond donors (Lipinski definition) is 1. The molecule has 2 fully saturated rings. The first-order valence-electron chi connectivity index (χ1n) is 6.65. The van der Waals surface area contributed by atoms with Crippen molar-refractivity contribution in [2.75, 3.05) is 19.8 Å². The summed E-state index contributed by atoms with van der Waals surface area (Å²) >= 11 is 0. The molecule has 0 amide bonds. The molecule has 1 unspecified atom stereocenters. The lowest BCUT2D eigenvalue weighted by molar-refractivity contribution is 0.123. The third-order valence-electron chi connectivity index (χ3n) is 3.70. The Bertz CT molecular complexity index is 175. The highest BCUT2D eigenvalue weighted by Gasteiger charge is 2.21. The molecule has 0 aromatic heterocycles. The predicted octanol–water partition coefficient (Wildman–Crippen LogP) is 2.58. The molecule has 2 aliphatic carbocycles. The molecular formula is C13H25NO. The Labute approximate surface area is 93.8 Å². The Hall–Kier alpha value is -0.0800. The van der Waals surface area contributed by atoms with Gasteiger partial charge in [-0.1, -0.05) is 19.3 Å². The molecule has 0 spiro atoms. The van der Waals surface area contributed by atoms with Crippen molar-refractivity contribution in [1.29, 1.82) is 0 Å². The van der Waals surface area contributed by atoms with Gasteiger partial charge in [-0.25, -0.2) is 0 Å². The molecule has 88 valence electrons. The minimum atomic E-state index is 0.680. The molecule has 2 heteroatoms. The van der Waals surface area contributed by atoms with Crippen LogP contribution in [0.2, 0.25) is 0 Å². The molecule has 2 nitrogen and oxygen atoms in total. The van der Waals surface area contributed by atoms with Crippen LogP contribution in [0.25, 0.3) is 0 Å². The molecule has 0 heterocycles. The zero-order valence-electron chi connectivity index (χ0n) is 10.0. The van der Waals surface area contributed by atoms with Crippen molar-refractivity contribution in [3.8, 4) is 0 Å². The Balaban J connectivity index is 1.38. The van der Waals surface area contributed by atoms with Crippen LogP contribution in [0.15, 0.2) is 0 Å². The summed E-state index contributed by atoms with van der Waals surface area (Å²) in [6, 6.07) is 0.680. The zero-order valence-corrected chi connectivity index (χ0v) is 10.0. The van der Waals surface area contributed by atoms with Gasteiger partial charge < -0.3 is 10.1 Å². The minimum Gasteiger partial charge on any atom is -0.380 e. The van der Waals surface area contributed by atoms with Gasteiger partial charge in [-0.05, 0) is 38.0 Å². The Morgan fingerprint density at radius 3 is 2.60 bits per heavy atom. The van der Waals surface area contributed by atoms with Crippen molar-refractivity contribution in [3.05, 3.63) is 0 Å². The van der Waals surface area contributed by atoms with Gasteiger partial charge in [-0.3, -0.25) is 0 Å². The summed E-state index contributed by atoms with van der Waals surface area (Å²) in [6.07, 6.45) is 8.54. The third-order valence-corrected chi connectivity index (χ3v) is 3.70. The van der Waals surface area contributed by atoms with Crippen LogP contribution in [0.4, 0.5) is 0 Å². The number of nitrogens with one attached hydrogen (secondary N) is 1. The summed E-state index contributed by atoms with van der Waals surface area (Å²) in [6.45, 7) is 5.23. The van der Waals surface area contributed by atoms with Crippen LogP contribution >= 0.6 is 0 Å². The molecule has 0 radical (unpaired) electrons. The van der Waals surface area contributed by atoms with E-state index in [0.717, 1.165) is 31.6 Å². The van der Waals surface area contributed by atoms with E-state index in [1.165, 1.54) is 38.5 Å². The highest BCUT2D eigenvalue weighted by Crippen LogP contribution is 2.30. The van der Waals surface area contributed by atoms with E-state index in [1.54, 1.807) is 0 Å². The maximum Gasteiger partial charge on any atom is 0.0591 e. The summed E-state index contributed by atoms with van der Waals surface area (Å²) in [4.78, 5) is 0. The Morgan fingerprint density at radius 1 is 1.20 bits per heavy atom. The molecule has 1 atom stereocenters. The van der Waals surface area contributed by atoms with Crippen LogP contribution in [0.3, 0.4) is 0 Å². The average Bonchev–Trinajstić information content (AvgIpc) is 2.95. The summed E-state index contributed by atoms with van der Waals surface area (Å²) in [5, 5.41) is 3.55. The molecule has 0 aromatic rings. The molecule has 1 N–H and O–H groups in total. The highest BCUT2D eigenvalue weighted by atomic mass is 16.5. The first-order chi connectivity index (χ1) is 7.34. The van der Waals surface area contributed by atoms with Crippen LogP contribution < -0.4 is 5.32 Å². The van der Waals surface area contributed by atoms with Crippen molar-refractivity contribution in [2.45, 2.75) is 51.5 Å². The topological polar surface area (TPSA) is 21.3 Å². The van der Waals surface area contributed by atoms with E-state index in [0.29, 0.717) is 6.04 Å². The maximum atomic E-state index is 5.59. The van der Waals surface area contributed by atoms with Gasteiger partial charge in [0.1, 0.15) is 0 Å². The largest absolute Gasteiger partial charge is 0.380 e. The Kier molecular flexibility index (Phi) is 4.45. The Morgan fingerprint density at radius 2 is 2.00 bits per heavy atom. The average molecular weight is 211 g/mol. The lowest BCUT2D eigenvalue weighted by Gasteiger charge is -2.28. The highest BCUT2D eigenvalue weighted by molar-refractivity contribution is 4.75. The molecule has 0 saturated heterocycles. The lowest BCUT2D eigenvalue weighted by atomic mass is 9.81. The molecule has 2 rings (SSSR count). The quantitative estimate of drug-likeness (QED) is 0.623. The van der Waals surface area contributed by atoms with Crippen molar-refractivity contribution < 1.29 is 4.74 Å². The minimum absolute atomic E-state index is 0.680. The van der Waals surface area contributed by atoms with E-state index >= 15 is 0 Å². The van der Waals surface area contributed by atoms with Gasteiger partial charge in [-0.2, -0.15) is 0 Å².